The average Bonchev–Trinajstić information content (AvgIpc) is 3.12. The van der Waals surface area contributed by atoms with Gasteiger partial charge < -0.3 is 0 Å². The first-order chi connectivity index (χ1) is 12.4. The molecule has 1 aromatic carbocycles. The van der Waals surface area contributed by atoms with E-state index in [0.717, 1.165) is 28.4 Å². The van der Waals surface area contributed by atoms with Gasteiger partial charge in [0, 0.05) is 35.2 Å². The molecular weight excluding hydrogens is 368 g/mol. The van der Waals surface area contributed by atoms with Crippen LogP contribution in [0, 0.1) is 13.8 Å². The highest BCUT2D eigenvalue weighted by molar-refractivity contribution is 8.14. The third-order valence-electron chi connectivity index (χ3n) is 4.24. The van der Waals surface area contributed by atoms with Crippen molar-refractivity contribution in [2.75, 3.05) is 10.7 Å². The molecular formula is C19H21ClN4OS. The standard InChI is InChI=1S/C19H21ClN4OS/c1-12-11-26-19(21-12)24(16-7-5-15(20)6-8-16)18(25)10-9-17-13(2)22-23(4)14(17)3/h5-10,12H,11H2,1-4H3/b10-9+. The normalized spacial score (nSPS) is 17.0. The highest BCUT2D eigenvalue weighted by Crippen LogP contribution is 2.27. The number of hydrogen-bond donors (Lipinski definition) is 0. The molecule has 1 aliphatic heterocycles. The summed E-state index contributed by atoms with van der Waals surface area (Å²) in [6.07, 6.45) is 3.41. The number of amidine groups is 1. The minimum Gasteiger partial charge on any atom is -0.272 e. The highest BCUT2D eigenvalue weighted by atomic mass is 35.5. The lowest BCUT2D eigenvalue weighted by atomic mass is 10.2. The first-order valence-electron chi connectivity index (χ1n) is 8.35. The van der Waals surface area contributed by atoms with Crippen LogP contribution in [0.15, 0.2) is 35.3 Å². The predicted molar refractivity (Wildman–Crippen MR) is 110 cm³/mol. The summed E-state index contributed by atoms with van der Waals surface area (Å²) in [5, 5.41) is 5.74. The SMILES string of the molecule is Cc1nn(C)c(C)c1/C=C/C(=O)N(C1=NC(C)CS1)c1ccc(Cl)cc1. The van der Waals surface area contributed by atoms with Crippen molar-refractivity contribution < 1.29 is 4.79 Å². The molecule has 0 bridgehead atoms. The second kappa shape index (κ2) is 7.68. The van der Waals surface area contributed by atoms with Crippen molar-refractivity contribution in [3.05, 3.63) is 52.3 Å². The van der Waals surface area contributed by atoms with Crippen LogP contribution in [0.5, 0.6) is 0 Å². The van der Waals surface area contributed by atoms with Gasteiger partial charge in [0.2, 0.25) is 0 Å². The van der Waals surface area contributed by atoms with E-state index in [1.54, 1.807) is 34.9 Å². The summed E-state index contributed by atoms with van der Waals surface area (Å²) in [5.41, 5.74) is 3.63. The average molecular weight is 389 g/mol. The van der Waals surface area contributed by atoms with Crippen LogP contribution in [0.3, 0.4) is 0 Å². The number of anilines is 1. The zero-order valence-electron chi connectivity index (χ0n) is 15.2. The van der Waals surface area contributed by atoms with E-state index < -0.39 is 0 Å². The Kier molecular flexibility index (Phi) is 5.53. The monoisotopic (exact) mass is 388 g/mol. The van der Waals surface area contributed by atoms with E-state index in [0.29, 0.717) is 10.2 Å². The number of aromatic nitrogens is 2. The highest BCUT2D eigenvalue weighted by Gasteiger charge is 2.25. The van der Waals surface area contributed by atoms with Crippen LogP contribution in [0.4, 0.5) is 5.69 Å². The van der Waals surface area contributed by atoms with Gasteiger partial charge >= 0.3 is 0 Å². The van der Waals surface area contributed by atoms with Crippen LogP contribution in [-0.4, -0.2) is 32.7 Å². The Hall–Kier alpha value is -2.05. The maximum absolute atomic E-state index is 13.0. The van der Waals surface area contributed by atoms with Crippen LogP contribution in [-0.2, 0) is 11.8 Å². The number of aliphatic imine (C=N–C) groups is 1. The quantitative estimate of drug-likeness (QED) is 0.739. The van der Waals surface area contributed by atoms with E-state index in [9.17, 15) is 4.79 Å². The summed E-state index contributed by atoms with van der Waals surface area (Å²) < 4.78 is 1.81. The van der Waals surface area contributed by atoms with E-state index in [2.05, 4.69) is 10.1 Å². The number of rotatable bonds is 3. The van der Waals surface area contributed by atoms with Crippen LogP contribution in [0.1, 0.15) is 23.9 Å². The van der Waals surface area contributed by atoms with Gasteiger partial charge in [0.25, 0.3) is 5.91 Å². The molecule has 0 spiro atoms. The van der Waals surface area contributed by atoms with Gasteiger partial charge in [0.15, 0.2) is 5.17 Å². The lowest BCUT2D eigenvalue weighted by Crippen LogP contribution is -2.33. The molecule has 136 valence electrons. The molecule has 0 aliphatic carbocycles. The Morgan fingerprint density at radius 2 is 2.04 bits per heavy atom. The minimum atomic E-state index is -0.143. The molecule has 0 saturated carbocycles. The van der Waals surface area contributed by atoms with Crippen molar-refractivity contribution in [1.29, 1.82) is 0 Å². The van der Waals surface area contributed by atoms with Crippen molar-refractivity contribution in [1.82, 2.24) is 9.78 Å². The Balaban J connectivity index is 1.93. The number of carbonyl (C=O) groups is 1. The zero-order chi connectivity index (χ0) is 18.8. The lowest BCUT2D eigenvalue weighted by Gasteiger charge is -2.20. The van der Waals surface area contributed by atoms with Crippen molar-refractivity contribution in [2.45, 2.75) is 26.8 Å². The fourth-order valence-electron chi connectivity index (χ4n) is 2.76. The molecule has 2 aromatic rings. The van der Waals surface area contributed by atoms with Gasteiger partial charge in [-0.15, -0.1) is 0 Å². The number of halogens is 1. The molecule has 7 heteroatoms. The van der Waals surface area contributed by atoms with Crippen molar-refractivity contribution in [3.8, 4) is 0 Å². The molecule has 3 rings (SSSR count). The third-order valence-corrected chi connectivity index (χ3v) is 5.69. The number of hydrogen-bond acceptors (Lipinski definition) is 4. The number of nitrogens with zero attached hydrogens (tertiary/aromatic N) is 4. The molecule has 1 aromatic heterocycles. The van der Waals surface area contributed by atoms with Crippen molar-refractivity contribution in [2.24, 2.45) is 12.0 Å². The van der Waals surface area contributed by atoms with Crippen molar-refractivity contribution >= 4 is 46.2 Å². The summed E-state index contributed by atoms with van der Waals surface area (Å²) >= 11 is 7.58. The summed E-state index contributed by atoms with van der Waals surface area (Å²) in [6.45, 7) is 5.97. The molecule has 2 heterocycles. The van der Waals surface area contributed by atoms with Crippen LogP contribution in [0.2, 0.25) is 5.02 Å². The Morgan fingerprint density at radius 1 is 1.35 bits per heavy atom. The molecule has 26 heavy (non-hydrogen) atoms. The number of thioether (sulfide) groups is 1. The van der Waals surface area contributed by atoms with E-state index >= 15 is 0 Å². The number of carbonyl (C=O) groups excluding carboxylic acids is 1. The minimum absolute atomic E-state index is 0.143. The smallest absolute Gasteiger partial charge is 0.257 e. The van der Waals surface area contributed by atoms with Gasteiger partial charge in [0.1, 0.15) is 0 Å². The lowest BCUT2D eigenvalue weighted by molar-refractivity contribution is -0.113. The fourth-order valence-corrected chi connectivity index (χ4v) is 3.93. The molecule has 1 unspecified atom stereocenters. The van der Waals surface area contributed by atoms with E-state index in [-0.39, 0.29) is 11.9 Å². The number of benzene rings is 1. The van der Waals surface area contributed by atoms with E-state index in [1.165, 1.54) is 0 Å². The van der Waals surface area contributed by atoms with E-state index in [4.69, 9.17) is 11.6 Å². The van der Waals surface area contributed by atoms with Crippen molar-refractivity contribution in [3.63, 3.8) is 0 Å². The first kappa shape index (κ1) is 18.7. The second-order valence-corrected chi connectivity index (χ2v) is 7.69. The van der Waals surface area contributed by atoms with Gasteiger partial charge in [-0.2, -0.15) is 5.10 Å². The van der Waals surface area contributed by atoms with Gasteiger partial charge in [-0.05, 0) is 51.1 Å². The Labute approximate surface area is 162 Å². The Morgan fingerprint density at radius 3 is 2.58 bits per heavy atom. The van der Waals surface area contributed by atoms with Gasteiger partial charge in [0.05, 0.1) is 17.4 Å². The molecule has 0 radical (unpaired) electrons. The number of amides is 1. The van der Waals surface area contributed by atoms with Crippen LogP contribution >= 0.6 is 23.4 Å². The molecule has 0 fully saturated rings. The zero-order valence-corrected chi connectivity index (χ0v) is 16.8. The Bertz CT molecular complexity index is 886. The van der Waals surface area contributed by atoms with Gasteiger partial charge in [-0.3, -0.25) is 19.4 Å². The maximum Gasteiger partial charge on any atom is 0.257 e. The summed E-state index contributed by atoms with van der Waals surface area (Å²) in [5.74, 6) is 0.729. The number of aryl methyl sites for hydroxylation is 2. The van der Waals surface area contributed by atoms with Crippen LogP contribution < -0.4 is 4.90 Å². The molecule has 1 amide bonds. The molecule has 1 atom stereocenters. The molecule has 0 N–H and O–H groups in total. The first-order valence-corrected chi connectivity index (χ1v) is 9.71. The summed E-state index contributed by atoms with van der Waals surface area (Å²) in [7, 11) is 1.90. The van der Waals surface area contributed by atoms with E-state index in [1.807, 2.05) is 50.7 Å². The topological polar surface area (TPSA) is 50.5 Å². The second-order valence-electron chi connectivity index (χ2n) is 6.26. The van der Waals surface area contributed by atoms with Gasteiger partial charge in [-0.1, -0.05) is 23.4 Å². The predicted octanol–water partition coefficient (Wildman–Crippen LogP) is 4.23. The largest absolute Gasteiger partial charge is 0.272 e. The molecule has 5 nitrogen and oxygen atoms in total. The summed E-state index contributed by atoms with van der Waals surface area (Å²) in [6, 6.07) is 7.42. The summed E-state index contributed by atoms with van der Waals surface area (Å²) in [4.78, 5) is 19.3. The van der Waals surface area contributed by atoms with Gasteiger partial charge in [-0.25, -0.2) is 0 Å². The fraction of sp³-hybridized carbons (Fsp3) is 0.316. The molecule has 0 saturated heterocycles. The van der Waals surface area contributed by atoms with Crippen LogP contribution in [0.25, 0.3) is 6.08 Å². The molecule has 1 aliphatic rings. The third kappa shape index (κ3) is 3.86. The maximum atomic E-state index is 13.0.